The van der Waals surface area contributed by atoms with Gasteiger partial charge in [0, 0.05) is 18.4 Å². The van der Waals surface area contributed by atoms with Crippen LogP contribution < -0.4 is 10.6 Å². The van der Waals surface area contributed by atoms with Crippen molar-refractivity contribution in [3.8, 4) is 0 Å². The highest BCUT2D eigenvalue weighted by Gasteiger charge is 2.08. The minimum atomic E-state index is -0.601. The number of hydrogen-bond donors (Lipinski definition) is 3. The van der Waals surface area contributed by atoms with Gasteiger partial charge < -0.3 is 15.7 Å². The van der Waals surface area contributed by atoms with Gasteiger partial charge in [-0.1, -0.05) is 30.3 Å². The Labute approximate surface area is 154 Å². The van der Waals surface area contributed by atoms with E-state index in [1.165, 1.54) is 0 Å². The average molecular weight is 363 g/mol. The van der Waals surface area contributed by atoms with Crippen LogP contribution >= 0.6 is 11.3 Å². The van der Waals surface area contributed by atoms with Crippen molar-refractivity contribution in [1.29, 1.82) is 0 Å². The van der Waals surface area contributed by atoms with Crippen molar-refractivity contribution in [2.24, 2.45) is 0 Å². The first-order chi connectivity index (χ1) is 12.8. The van der Waals surface area contributed by atoms with E-state index in [0.29, 0.717) is 18.3 Å². The van der Waals surface area contributed by atoms with E-state index >= 15 is 0 Å². The number of aromatic nitrogens is 3. The number of rotatable bonds is 6. The zero-order chi connectivity index (χ0) is 17.8. The summed E-state index contributed by atoms with van der Waals surface area (Å²) in [6.07, 6.45) is 1.08. The Morgan fingerprint density at radius 3 is 2.81 bits per heavy atom. The second-order valence-electron chi connectivity index (χ2n) is 5.73. The molecule has 2 aromatic carbocycles. The van der Waals surface area contributed by atoms with Crippen LogP contribution in [0.1, 0.15) is 11.7 Å². The lowest BCUT2D eigenvalue weighted by molar-refractivity contribution is 0.191. The van der Waals surface area contributed by atoms with Gasteiger partial charge in [0.2, 0.25) is 5.95 Å². The van der Waals surface area contributed by atoms with Crippen LogP contribution in [0, 0.1) is 0 Å². The smallest absolute Gasteiger partial charge is 0.229 e. The van der Waals surface area contributed by atoms with E-state index in [9.17, 15) is 5.11 Å². The fraction of sp³-hybridized carbons (Fsp3) is 0.105. The van der Waals surface area contributed by atoms with Gasteiger partial charge in [-0.15, -0.1) is 11.3 Å². The predicted octanol–water partition coefficient (Wildman–Crippen LogP) is 3.98. The van der Waals surface area contributed by atoms with Crippen LogP contribution in [0.15, 0.2) is 66.3 Å². The molecule has 0 fully saturated rings. The van der Waals surface area contributed by atoms with Crippen molar-refractivity contribution in [1.82, 2.24) is 15.0 Å². The summed E-state index contributed by atoms with van der Waals surface area (Å²) in [5.74, 6) is 1.14. The van der Waals surface area contributed by atoms with E-state index in [0.717, 1.165) is 21.5 Å². The second kappa shape index (κ2) is 7.47. The van der Waals surface area contributed by atoms with Crippen molar-refractivity contribution < 1.29 is 5.11 Å². The SMILES string of the molecule is O[C@@H](CNc1ccnc(Nc2ccc3ncsc3c2)n1)c1ccccc1. The van der Waals surface area contributed by atoms with Gasteiger partial charge in [-0.25, -0.2) is 9.97 Å². The molecule has 0 aliphatic rings. The Hall–Kier alpha value is -3.03. The molecule has 0 saturated carbocycles. The molecule has 130 valence electrons. The van der Waals surface area contributed by atoms with Crippen molar-refractivity contribution in [2.75, 3.05) is 17.2 Å². The van der Waals surface area contributed by atoms with Crippen LogP contribution in [-0.4, -0.2) is 26.6 Å². The highest BCUT2D eigenvalue weighted by Crippen LogP contribution is 2.23. The Morgan fingerprint density at radius 1 is 1.04 bits per heavy atom. The monoisotopic (exact) mass is 363 g/mol. The van der Waals surface area contributed by atoms with Gasteiger partial charge in [0.05, 0.1) is 21.8 Å². The van der Waals surface area contributed by atoms with Crippen LogP contribution in [0.25, 0.3) is 10.2 Å². The first kappa shape index (κ1) is 16.4. The molecule has 0 bridgehead atoms. The third kappa shape index (κ3) is 3.79. The molecule has 0 aliphatic carbocycles. The molecule has 0 aliphatic heterocycles. The summed E-state index contributed by atoms with van der Waals surface area (Å²) >= 11 is 1.59. The summed E-state index contributed by atoms with van der Waals surface area (Å²) in [6.45, 7) is 0.368. The topological polar surface area (TPSA) is 83.0 Å². The Morgan fingerprint density at radius 2 is 1.92 bits per heavy atom. The number of nitrogens with one attached hydrogen (secondary N) is 2. The maximum Gasteiger partial charge on any atom is 0.229 e. The fourth-order valence-electron chi connectivity index (χ4n) is 2.57. The third-order valence-electron chi connectivity index (χ3n) is 3.90. The van der Waals surface area contributed by atoms with E-state index in [4.69, 9.17) is 0 Å². The van der Waals surface area contributed by atoms with Gasteiger partial charge in [0.15, 0.2) is 0 Å². The summed E-state index contributed by atoms with van der Waals surface area (Å²) in [5, 5.41) is 16.6. The van der Waals surface area contributed by atoms with E-state index < -0.39 is 6.10 Å². The number of fused-ring (bicyclic) bond motifs is 1. The highest BCUT2D eigenvalue weighted by molar-refractivity contribution is 7.16. The van der Waals surface area contributed by atoms with E-state index in [1.807, 2.05) is 54.0 Å². The van der Waals surface area contributed by atoms with Crippen LogP contribution in [-0.2, 0) is 0 Å². The minimum absolute atomic E-state index is 0.368. The van der Waals surface area contributed by atoms with Gasteiger partial charge in [-0.2, -0.15) is 4.98 Å². The van der Waals surface area contributed by atoms with Gasteiger partial charge in [-0.3, -0.25) is 0 Å². The molecule has 1 atom stereocenters. The molecular weight excluding hydrogens is 346 g/mol. The molecule has 4 rings (SSSR count). The lowest BCUT2D eigenvalue weighted by Gasteiger charge is -2.13. The summed E-state index contributed by atoms with van der Waals surface area (Å²) in [7, 11) is 0. The predicted molar refractivity (Wildman–Crippen MR) is 105 cm³/mol. The number of aliphatic hydroxyl groups is 1. The molecular formula is C19H17N5OS. The maximum atomic E-state index is 10.2. The standard InChI is InChI=1S/C19H17N5OS/c25-16(13-4-2-1-3-5-13)11-21-18-8-9-20-19(24-18)23-14-6-7-15-17(10-14)26-12-22-15/h1-10,12,16,25H,11H2,(H2,20,21,23,24)/t16-/m0/s1. The zero-order valence-electron chi connectivity index (χ0n) is 13.8. The van der Waals surface area contributed by atoms with Crippen molar-refractivity contribution in [3.63, 3.8) is 0 Å². The maximum absolute atomic E-state index is 10.2. The highest BCUT2D eigenvalue weighted by atomic mass is 32.1. The molecule has 0 unspecified atom stereocenters. The van der Waals surface area contributed by atoms with E-state index in [2.05, 4.69) is 25.6 Å². The van der Waals surface area contributed by atoms with Gasteiger partial charge in [0.25, 0.3) is 0 Å². The number of anilines is 3. The third-order valence-corrected chi connectivity index (χ3v) is 4.70. The number of hydrogen-bond acceptors (Lipinski definition) is 7. The molecule has 4 aromatic rings. The Balaban J connectivity index is 1.43. The molecule has 0 saturated heterocycles. The quantitative estimate of drug-likeness (QED) is 0.481. The lowest BCUT2D eigenvalue weighted by atomic mass is 10.1. The van der Waals surface area contributed by atoms with Crippen LogP contribution in [0.2, 0.25) is 0 Å². The molecule has 3 N–H and O–H groups in total. The van der Waals surface area contributed by atoms with Crippen molar-refractivity contribution >= 4 is 39.0 Å². The van der Waals surface area contributed by atoms with Crippen molar-refractivity contribution in [2.45, 2.75) is 6.10 Å². The van der Waals surface area contributed by atoms with Crippen LogP contribution in [0.3, 0.4) is 0 Å². The molecule has 6 nitrogen and oxygen atoms in total. The largest absolute Gasteiger partial charge is 0.387 e. The number of thiazole rings is 1. The van der Waals surface area contributed by atoms with E-state index in [1.54, 1.807) is 23.6 Å². The molecule has 2 heterocycles. The Kier molecular flexibility index (Phi) is 4.72. The summed E-state index contributed by atoms with van der Waals surface area (Å²) in [6, 6.07) is 17.2. The summed E-state index contributed by atoms with van der Waals surface area (Å²) in [5.41, 5.74) is 4.58. The van der Waals surface area contributed by atoms with Gasteiger partial charge in [0.1, 0.15) is 5.82 Å². The zero-order valence-corrected chi connectivity index (χ0v) is 14.6. The van der Waals surface area contributed by atoms with Crippen molar-refractivity contribution in [3.05, 3.63) is 71.9 Å². The minimum Gasteiger partial charge on any atom is -0.387 e. The average Bonchev–Trinajstić information content (AvgIpc) is 3.15. The molecule has 0 amide bonds. The van der Waals surface area contributed by atoms with E-state index in [-0.39, 0.29) is 0 Å². The first-order valence-corrected chi connectivity index (χ1v) is 9.06. The van der Waals surface area contributed by atoms with Crippen LogP contribution in [0.4, 0.5) is 17.5 Å². The van der Waals surface area contributed by atoms with Gasteiger partial charge >= 0.3 is 0 Å². The second-order valence-corrected chi connectivity index (χ2v) is 6.62. The molecule has 7 heteroatoms. The summed E-state index contributed by atoms with van der Waals surface area (Å²) in [4.78, 5) is 13.0. The molecule has 26 heavy (non-hydrogen) atoms. The van der Waals surface area contributed by atoms with Crippen LogP contribution in [0.5, 0.6) is 0 Å². The number of benzene rings is 2. The normalized spacial score (nSPS) is 12.0. The molecule has 0 radical (unpaired) electrons. The lowest BCUT2D eigenvalue weighted by Crippen LogP contribution is -2.13. The fourth-order valence-corrected chi connectivity index (χ4v) is 3.29. The summed E-state index contributed by atoms with van der Waals surface area (Å²) < 4.78 is 1.11. The molecule has 0 spiro atoms. The first-order valence-electron chi connectivity index (χ1n) is 8.18. The molecule has 2 aromatic heterocycles. The number of nitrogens with zero attached hydrogens (tertiary/aromatic N) is 3. The number of aliphatic hydroxyl groups excluding tert-OH is 1. The van der Waals surface area contributed by atoms with Gasteiger partial charge in [-0.05, 0) is 29.8 Å². The Bertz CT molecular complexity index is 1000.